The van der Waals surface area contributed by atoms with Crippen LogP contribution >= 0.6 is 0 Å². The molecule has 0 spiro atoms. The fourth-order valence-electron chi connectivity index (χ4n) is 2.27. The molecule has 0 saturated carbocycles. The number of aryl methyl sites for hydroxylation is 1. The number of anilines is 1. The lowest BCUT2D eigenvalue weighted by atomic mass is 10.0. The summed E-state index contributed by atoms with van der Waals surface area (Å²) in [5.41, 5.74) is 3.18. The Balaban J connectivity index is 2.22. The van der Waals surface area contributed by atoms with Gasteiger partial charge in [0.15, 0.2) is 0 Å². The maximum atomic E-state index is 11.0. The highest BCUT2D eigenvalue weighted by Gasteiger charge is 2.12. The first-order valence-corrected chi connectivity index (χ1v) is 6.90. The predicted molar refractivity (Wildman–Crippen MR) is 82.9 cm³/mol. The standard InChI is InChI=1S/C17H19NO3/c1-3-15(12-4-7-14(19)8-5-12)18-16-9-6-13(17(20)21)10-11(16)2/h4-10,15,18-19H,3H2,1-2H3,(H,20,21). The van der Waals surface area contributed by atoms with Gasteiger partial charge in [-0.2, -0.15) is 0 Å². The molecule has 0 aliphatic heterocycles. The maximum Gasteiger partial charge on any atom is 0.335 e. The van der Waals surface area contributed by atoms with Crippen molar-refractivity contribution in [1.29, 1.82) is 0 Å². The molecule has 0 heterocycles. The van der Waals surface area contributed by atoms with Crippen LogP contribution in [0.2, 0.25) is 0 Å². The third kappa shape index (κ3) is 3.54. The summed E-state index contributed by atoms with van der Waals surface area (Å²) in [6.45, 7) is 3.96. The van der Waals surface area contributed by atoms with Gasteiger partial charge in [0.05, 0.1) is 11.6 Å². The smallest absolute Gasteiger partial charge is 0.335 e. The van der Waals surface area contributed by atoms with E-state index in [1.165, 1.54) is 0 Å². The van der Waals surface area contributed by atoms with Crippen LogP contribution < -0.4 is 5.32 Å². The average molecular weight is 285 g/mol. The first-order chi connectivity index (χ1) is 10.0. The maximum absolute atomic E-state index is 11.0. The van der Waals surface area contributed by atoms with Crippen LogP contribution in [0.1, 0.15) is 40.9 Å². The molecule has 0 amide bonds. The molecule has 3 N–H and O–H groups in total. The van der Waals surface area contributed by atoms with E-state index in [9.17, 15) is 9.90 Å². The van der Waals surface area contributed by atoms with E-state index >= 15 is 0 Å². The zero-order valence-electron chi connectivity index (χ0n) is 12.1. The van der Waals surface area contributed by atoms with E-state index in [4.69, 9.17) is 5.11 Å². The van der Waals surface area contributed by atoms with Crippen molar-refractivity contribution < 1.29 is 15.0 Å². The van der Waals surface area contributed by atoms with E-state index in [0.717, 1.165) is 23.2 Å². The van der Waals surface area contributed by atoms with Gasteiger partial charge in [0, 0.05) is 5.69 Å². The minimum atomic E-state index is -0.921. The number of aromatic carboxylic acids is 1. The molecule has 0 radical (unpaired) electrons. The molecule has 4 heteroatoms. The summed E-state index contributed by atoms with van der Waals surface area (Å²) in [4.78, 5) is 11.0. The van der Waals surface area contributed by atoms with Gasteiger partial charge in [0.1, 0.15) is 5.75 Å². The minimum Gasteiger partial charge on any atom is -0.508 e. The lowest BCUT2D eigenvalue weighted by Gasteiger charge is -2.20. The summed E-state index contributed by atoms with van der Waals surface area (Å²) in [6, 6.07) is 12.3. The van der Waals surface area contributed by atoms with Crippen LogP contribution in [0.25, 0.3) is 0 Å². The molecular weight excluding hydrogens is 266 g/mol. The molecule has 2 aromatic rings. The van der Waals surface area contributed by atoms with Crippen molar-refractivity contribution in [2.24, 2.45) is 0 Å². The fraction of sp³-hybridized carbons (Fsp3) is 0.235. The monoisotopic (exact) mass is 285 g/mol. The first-order valence-electron chi connectivity index (χ1n) is 6.90. The van der Waals surface area contributed by atoms with Gasteiger partial charge in [-0.05, 0) is 54.8 Å². The predicted octanol–water partition coefficient (Wildman–Crippen LogP) is 3.96. The van der Waals surface area contributed by atoms with Crippen LogP contribution in [-0.4, -0.2) is 16.2 Å². The summed E-state index contributed by atoms with van der Waals surface area (Å²) >= 11 is 0. The molecule has 0 saturated heterocycles. The van der Waals surface area contributed by atoms with E-state index < -0.39 is 5.97 Å². The quantitative estimate of drug-likeness (QED) is 0.777. The topological polar surface area (TPSA) is 69.6 Å². The number of benzene rings is 2. The molecule has 0 aliphatic carbocycles. The second kappa shape index (κ2) is 6.31. The zero-order chi connectivity index (χ0) is 15.4. The van der Waals surface area contributed by atoms with Crippen LogP contribution in [0.3, 0.4) is 0 Å². The van der Waals surface area contributed by atoms with Crippen molar-refractivity contribution in [2.75, 3.05) is 5.32 Å². The van der Waals surface area contributed by atoms with Crippen molar-refractivity contribution in [3.63, 3.8) is 0 Å². The number of hydrogen-bond acceptors (Lipinski definition) is 3. The molecular formula is C17H19NO3. The molecule has 1 unspecified atom stereocenters. The van der Waals surface area contributed by atoms with Gasteiger partial charge >= 0.3 is 5.97 Å². The van der Waals surface area contributed by atoms with Gasteiger partial charge < -0.3 is 15.5 Å². The Bertz CT molecular complexity index is 635. The zero-order valence-corrected chi connectivity index (χ0v) is 12.1. The Morgan fingerprint density at radius 1 is 1.19 bits per heavy atom. The largest absolute Gasteiger partial charge is 0.508 e. The first kappa shape index (κ1) is 14.9. The second-order valence-corrected chi connectivity index (χ2v) is 5.03. The van der Waals surface area contributed by atoms with Crippen LogP contribution in [0.15, 0.2) is 42.5 Å². The molecule has 110 valence electrons. The van der Waals surface area contributed by atoms with Crippen LogP contribution in [-0.2, 0) is 0 Å². The van der Waals surface area contributed by atoms with Crippen molar-refractivity contribution in [3.05, 3.63) is 59.2 Å². The number of carbonyl (C=O) groups is 1. The minimum absolute atomic E-state index is 0.111. The Hall–Kier alpha value is -2.49. The molecule has 1 atom stereocenters. The van der Waals surface area contributed by atoms with Gasteiger partial charge in [0.25, 0.3) is 0 Å². The molecule has 0 aromatic heterocycles. The van der Waals surface area contributed by atoms with Crippen molar-refractivity contribution in [2.45, 2.75) is 26.3 Å². The van der Waals surface area contributed by atoms with Crippen LogP contribution in [0.5, 0.6) is 5.75 Å². The van der Waals surface area contributed by atoms with Crippen molar-refractivity contribution in [3.8, 4) is 5.75 Å². The van der Waals surface area contributed by atoms with Gasteiger partial charge in [-0.15, -0.1) is 0 Å². The van der Waals surface area contributed by atoms with E-state index in [-0.39, 0.29) is 17.4 Å². The summed E-state index contributed by atoms with van der Waals surface area (Å²) in [5, 5.41) is 21.8. The molecule has 0 aliphatic rings. The number of phenolic OH excluding ortho intramolecular Hbond substituents is 1. The second-order valence-electron chi connectivity index (χ2n) is 5.03. The SMILES string of the molecule is CCC(Nc1ccc(C(=O)O)cc1C)c1ccc(O)cc1. The summed E-state index contributed by atoms with van der Waals surface area (Å²) in [5.74, 6) is -0.675. The van der Waals surface area contributed by atoms with Gasteiger partial charge in [-0.1, -0.05) is 19.1 Å². The summed E-state index contributed by atoms with van der Waals surface area (Å²) < 4.78 is 0. The Morgan fingerprint density at radius 2 is 1.86 bits per heavy atom. The van der Waals surface area contributed by atoms with Gasteiger partial charge in [-0.25, -0.2) is 4.79 Å². The fourth-order valence-corrected chi connectivity index (χ4v) is 2.27. The van der Waals surface area contributed by atoms with E-state index in [1.54, 1.807) is 30.3 Å². The van der Waals surface area contributed by atoms with Gasteiger partial charge in [0.2, 0.25) is 0 Å². The van der Waals surface area contributed by atoms with Crippen LogP contribution in [0.4, 0.5) is 5.69 Å². The van der Waals surface area contributed by atoms with E-state index in [1.807, 2.05) is 19.1 Å². The van der Waals surface area contributed by atoms with Crippen LogP contribution in [0, 0.1) is 6.92 Å². The molecule has 2 aromatic carbocycles. The molecule has 21 heavy (non-hydrogen) atoms. The molecule has 0 fully saturated rings. The van der Waals surface area contributed by atoms with Gasteiger partial charge in [-0.3, -0.25) is 0 Å². The highest BCUT2D eigenvalue weighted by Crippen LogP contribution is 2.26. The summed E-state index contributed by atoms with van der Waals surface area (Å²) in [6.07, 6.45) is 0.880. The van der Waals surface area contributed by atoms with Crippen molar-refractivity contribution in [1.82, 2.24) is 0 Å². The van der Waals surface area contributed by atoms with Crippen molar-refractivity contribution >= 4 is 11.7 Å². The third-order valence-electron chi connectivity index (χ3n) is 3.51. The van der Waals surface area contributed by atoms with E-state index in [0.29, 0.717) is 0 Å². The molecule has 0 bridgehead atoms. The summed E-state index contributed by atoms with van der Waals surface area (Å²) in [7, 11) is 0. The van der Waals surface area contributed by atoms with E-state index in [2.05, 4.69) is 12.2 Å². The highest BCUT2D eigenvalue weighted by molar-refractivity contribution is 5.88. The number of carboxylic acid groups (broad SMARTS) is 1. The number of hydrogen-bond donors (Lipinski definition) is 3. The molecule has 4 nitrogen and oxygen atoms in total. The average Bonchev–Trinajstić information content (AvgIpc) is 2.47. The Kier molecular flexibility index (Phi) is 4.48. The Labute approximate surface area is 124 Å². The number of rotatable bonds is 5. The molecule has 2 rings (SSSR count). The lowest BCUT2D eigenvalue weighted by Crippen LogP contribution is -2.11. The number of phenols is 1. The number of aromatic hydroxyl groups is 1. The third-order valence-corrected chi connectivity index (χ3v) is 3.51. The lowest BCUT2D eigenvalue weighted by molar-refractivity contribution is 0.0697. The number of nitrogens with one attached hydrogen (secondary N) is 1. The number of carboxylic acids is 1. The normalized spacial score (nSPS) is 11.9. The Morgan fingerprint density at radius 3 is 2.38 bits per heavy atom. The highest BCUT2D eigenvalue weighted by atomic mass is 16.4.